The quantitative estimate of drug-likeness (QED) is 0.697. The predicted octanol–water partition coefficient (Wildman–Crippen LogP) is 4.12. The lowest BCUT2D eigenvalue weighted by atomic mass is 10.0. The zero-order valence-corrected chi connectivity index (χ0v) is 9.74. The molecule has 1 unspecified atom stereocenters. The standard InChI is InChI=1S/C12H18S/c1-5-13-11(4)12-8-9(2)6-7-10(12)3/h6-8,11H,5H2,1-4H3. The Labute approximate surface area is 85.7 Å². The Hall–Kier alpha value is -0.430. The van der Waals surface area contributed by atoms with Gasteiger partial charge in [0.15, 0.2) is 0 Å². The van der Waals surface area contributed by atoms with Crippen LogP contribution in [0.15, 0.2) is 18.2 Å². The van der Waals surface area contributed by atoms with Crippen LogP contribution in [0, 0.1) is 13.8 Å². The van der Waals surface area contributed by atoms with E-state index in [1.54, 1.807) is 0 Å². The van der Waals surface area contributed by atoms with Crippen LogP contribution in [0.2, 0.25) is 0 Å². The molecule has 0 aliphatic rings. The topological polar surface area (TPSA) is 0 Å². The van der Waals surface area contributed by atoms with E-state index in [9.17, 15) is 0 Å². The number of benzene rings is 1. The third kappa shape index (κ3) is 2.77. The van der Waals surface area contributed by atoms with Crippen LogP contribution in [-0.4, -0.2) is 5.75 Å². The van der Waals surface area contributed by atoms with Crippen LogP contribution in [0.1, 0.15) is 35.8 Å². The van der Waals surface area contributed by atoms with E-state index < -0.39 is 0 Å². The first-order valence-electron chi connectivity index (χ1n) is 4.84. The van der Waals surface area contributed by atoms with Crippen LogP contribution >= 0.6 is 11.8 Å². The Morgan fingerprint density at radius 1 is 1.31 bits per heavy atom. The Morgan fingerprint density at radius 3 is 2.62 bits per heavy atom. The average Bonchev–Trinajstić information content (AvgIpc) is 2.09. The Bertz CT molecular complexity index is 278. The zero-order chi connectivity index (χ0) is 9.84. The van der Waals surface area contributed by atoms with Crippen LogP contribution < -0.4 is 0 Å². The maximum Gasteiger partial charge on any atom is 0.0271 e. The molecule has 0 radical (unpaired) electrons. The van der Waals surface area contributed by atoms with Crippen molar-refractivity contribution in [2.45, 2.75) is 32.9 Å². The second-order valence-corrected chi connectivity index (χ2v) is 5.08. The van der Waals surface area contributed by atoms with Gasteiger partial charge in [0.05, 0.1) is 0 Å². The lowest BCUT2D eigenvalue weighted by molar-refractivity contribution is 1.06. The largest absolute Gasteiger partial charge is 0.154 e. The first-order valence-corrected chi connectivity index (χ1v) is 5.88. The van der Waals surface area contributed by atoms with E-state index in [0.717, 1.165) is 0 Å². The molecule has 0 aliphatic carbocycles. The van der Waals surface area contributed by atoms with Crippen LogP contribution in [0.4, 0.5) is 0 Å². The van der Waals surface area contributed by atoms with Crippen LogP contribution in [-0.2, 0) is 0 Å². The van der Waals surface area contributed by atoms with Gasteiger partial charge in [-0.2, -0.15) is 11.8 Å². The molecule has 0 saturated carbocycles. The monoisotopic (exact) mass is 194 g/mol. The molecule has 1 heteroatoms. The molecular formula is C12H18S. The molecule has 1 rings (SSSR count). The molecule has 0 aliphatic heterocycles. The number of thioether (sulfide) groups is 1. The maximum absolute atomic E-state index is 2.31. The highest BCUT2D eigenvalue weighted by atomic mass is 32.2. The second-order valence-electron chi connectivity index (χ2n) is 3.46. The lowest BCUT2D eigenvalue weighted by Crippen LogP contribution is -1.93. The molecule has 0 amide bonds. The van der Waals surface area contributed by atoms with E-state index in [2.05, 4.69) is 45.9 Å². The molecule has 1 atom stereocenters. The molecule has 1 aromatic rings. The molecule has 0 bridgehead atoms. The Balaban J connectivity index is 2.91. The highest BCUT2D eigenvalue weighted by Gasteiger charge is 2.07. The summed E-state index contributed by atoms with van der Waals surface area (Å²) in [5.41, 5.74) is 4.27. The van der Waals surface area contributed by atoms with Gasteiger partial charge in [-0.25, -0.2) is 0 Å². The smallest absolute Gasteiger partial charge is 0.0271 e. The van der Waals surface area contributed by atoms with Crippen LogP contribution in [0.25, 0.3) is 0 Å². The first kappa shape index (κ1) is 10.6. The van der Waals surface area contributed by atoms with Gasteiger partial charge in [-0.3, -0.25) is 0 Å². The predicted molar refractivity (Wildman–Crippen MR) is 62.5 cm³/mol. The van der Waals surface area contributed by atoms with E-state index in [1.165, 1.54) is 22.4 Å². The summed E-state index contributed by atoms with van der Waals surface area (Å²) < 4.78 is 0. The van der Waals surface area contributed by atoms with Gasteiger partial charge in [-0.15, -0.1) is 0 Å². The van der Waals surface area contributed by atoms with Gasteiger partial charge in [0.2, 0.25) is 0 Å². The minimum atomic E-state index is 0.630. The Morgan fingerprint density at radius 2 is 2.00 bits per heavy atom. The summed E-state index contributed by atoms with van der Waals surface area (Å²) in [5.74, 6) is 1.19. The van der Waals surface area contributed by atoms with E-state index in [0.29, 0.717) is 5.25 Å². The van der Waals surface area contributed by atoms with Crippen molar-refractivity contribution >= 4 is 11.8 Å². The number of hydrogen-bond donors (Lipinski definition) is 0. The van der Waals surface area contributed by atoms with Gasteiger partial charge in [0, 0.05) is 5.25 Å². The fourth-order valence-electron chi connectivity index (χ4n) is 1.54. The summed E-state index contributed by atoms with van der Waals surface area (Å²) in [5, 5.41) is 0.630. The third-order valence-corrected chi connectivity index (χ3v) is 3.38. The van der Waals surface area contributed by atoms with Gasteiger partial charge in [-0.05, 0) is 37.7 Å². The van der Waals surface area contributed by atoms with Crippen LogP contribution in [0.5, 0.6) is 0 Å². The van der Waals surface area contributed by atoms with E-state index in [-0.39, 0.29) is 0 Å². The summed E-state index contributed by atoms with van der Waals surface area (Å²) in [6, 6.07) is 6.71. The van der Waals surface area contributed by atoms with Gasteiger partial charge < -0.3 is 0 Å². The second kappa shape index (κ2) is 4.71. The van der Waals surface area contributed by atoms with Crippen molar-refractivity contribution in [2.75, 3.05) is 5.75 Å². The van der Waals surface area contributed by atoms with Gasteiger partial charge >= 0.3 is 0 Å². The molecule has 0 nitrogen and oxygen atoms in total. The highest BCUT2D eigenvalue weighted by molar-refractivity contribution is 7.99. The molecule has 0 aromatic heterocycles. The molecule has 13 heavy (non-hydrogen) atoms. The summed E-state index contributed by atoms with van der Waals surface area (Å²) in [4.78, 5) is 0. The molecule has 0 heterocycles. The van der Waals surface area contributed by atoms with Gasteiger partial charge in [-0.1, -0.05) is 30.7 Å². The summed E-state index contributed by atoms with van der Waals surface area (Å²) in [6.07, 6.45) is 0. The summed E-state index contributed by atoms with van der Waals surface area (Å²) in [7, 11) is 0. The van der Waals surface area contributed by atoms with Crippen molar-refractivity contribution in [1.29, 1.82) is 0 Å². The molecule has 0 N–H and O–H groups in total. The summed E-state index contributed by atoms with van der Waals surface area (Å²) in [6.45, 7) is 8.86. The van der Waals surface area contributed by atoms with Crippen LogP contribution in [0.3, 0.4) is 0 Å². The fraction of sp³-hybridized carbons (Fsp3) is 0.500. The third-order valence-electron chi connectivity index (χ3n) is 2.29. The maximum atomic E-state index is 2.31. The number of hydrogen-bond acceptors (Lipinski definition) is 1. The van der Waals surface area contributed by atoms with E-state index in [4.69, 9.17) is 0 Å². The first-order chi connectivity index (χ1) is 6.15. The van der Waals surface area contributed by atoms with Crippen molar-refractivity contribution in [3.8, 4) is 0 Å². The number of rotatable bonds is 3. The molecule has 1 aromatic carbocycles. The average molecular weight is 194 g/mol. The SMILES string of the molecule is CCSC(C)c1cc(C)ccc1C. The zero-order valence-electron chi connectivity index (χ0n) is 8.92. The van der Waals surface area contributed by atoms with Gasteiger partial charge in [0.25, 0.3) is 0 Å². The minimum Gasteiger partial charge on any atom is -0.154 e. The molecule has 0 spiro atoms. The molecular weight excluding hydrogens is 176 g/mol. The summed E-state index contributed by atoms with van der Waals surface area (Å²) >= 11 is 2.01. The molecule has 0 saturated heterocycles. The van der Waals surface area contributed by atoms with Crippen molar-refractivity contribution in [3.63, 3.8) is 0 Å². The normalized spacial score (nSPS) is 12.9. The van der Waals surface area contributed by atoms with Crippen molar-refractivity contribution in [2.24, 2.45) is 0 Å². The fourth-order valence-corrected chi connectivity index (χ4v) is 2.47. The van der Waals surface area contributed by atoms with E-state index in [1.807, 2.05) is 11.8 Å². The lowest BCUT2D eigenvalue weighted by Gasteiger charge is -2.13. The minimum absolute atomic E-state index is 0.630. The van der Waals surface area contributed by atoms with Gasteiger partial charge in [0.1, 0.15) is 0 Å². The number of aryl methyl sites for hydroxylation is 2. The van der Waals surface area contributed by atoms with E-state index >= 15 is 0 Å². The highest BCUT2D eigenvalue weighted by Crippen LogP contribution is 2.30. The molecule has 72 valence electrons. The molecule has 0 fully saturated rings. The Kier molecular flexibility index (Phi) is 3.86. The van der Waals surface area contributed by atoms with Crippen molar-refractivity contribution < 1.29 is 0 Å². The van der Waals surface area contributed by atoms with Crippen molar-refractivity contribution in [3.05, 3.63) is 34.9 Å². The van der Waals surface area contributed by atoms with Crippen molar-refractivity contribution in [1.82, 2.24) is 0 Å².